The van der Waals surface area contributed by atoms with Crippen LogP contribution < -0.4 is 10.2 Å². The molecule has 1 aromatic heterocycles. The van der Waals surface area contributed by atoms with E-state index in [-0.39, 0.29) is 6.04 Å². The first kappa shape index (κ1) is 12.3. The number of hydrogen-bond acceptors (Lipinski definition) is 4. The lowest BCUT2D eigenvalue weighted by Crippen LogP contribution is -2.49. The quantitative estimate of drug-likeness (QED) is 0.734. The summed E-state index contributed by atoms with van der Waals surface area (Å²) in [5, 5.41) is 11.1. The Morgan fingerprint density at radius 1 is 1.44 bits per heavy atom. The molecule has 6 nitrogen and oxygen atoms in total. The molecule has 2 heterocycles. The molecule has 18 heavy (non-hydrogen) atoms. The summed E-state index contributed by atoms with van der Waals surface area (Å²) < 4.78 is 0. The van der Waals surface area contributed by atoms with E-state index in [2.05, 4.69) is 15.2 Å². The number of aromatic nitrogens is 1. The van der Waals surface area contributed by atoms with Crippen LogP contribution >= 0.6 is 0 Å². The third-order valence-corrected chi connectivity index (χ3v) is 2.92. The molecule has 2 N–H and O–H groups in total. The molecule has 0 spiro atoms. The van der Waals surface area contributed by atoms with E-state index in [0.29, 0.717) is 6.54 Å². The standard InChI is InChI=1S/C12H15N3O3/c16-11(12(17)18)14-9-4-3-7-15(8-9)10-5-1-2-6-13-10/h1-2,5-6,9H,3-4,7-8H2,(H,14,16)(H,17,18)/t9-/m1/s1. The number of pyridine rings is 1. The average Bonchev–Trinajstić information content (AvgIpc) is 2.40. The van der Waals surface area contributed by atoms with E-state index < -0.39 is 11.9 Å². The topological polar surface area (TPSA) is 82.5 Å². The molecule has 6 heteroatoms. The Morgan fingerprint density at radius 2 is 2.28 bits per heavy atom. The molecule has 1 fully saturated rings. The zero-order chi connectivity index (χ0) is 13.0. The minimum atomic E-state index is -1.44. The normalized spacial score (nSPS) is 19.3. The molecule has 1 saturated heterocycles. The number of nitrogens with zero attached hydrogens (tertiary/aromatic N) is 2. The largest absolute Gasteiger partial charge is 0.474 e. The van der Waals surface area contributed by atoms with Gasteiger partial charge in [-0.3, -0.25) is 4.79 Å². The van der Waals surface area contributed by atoms with Crippen molar-refractivity contribution in [1.82, 2.24) is 10.3 Å². The Bertz CT molecular complexity index is 435. The van der Waals surface area contributed by atoms with E-state index in [1.165, 1.54) is 0 Å². The van der Waals surface area contributed by atoms with Gasteiger partial charge in [-0.15, -0.1) is 0 Å². The SMILES string of the molecule is O=C(O)C(=O)N[C@@H]1CCCN(c2ccccn2)C1. The summed E-state index contributed by atoms with van der Waals surface area (Å²) in [6.45, 7) is 1.46. The first-order chi connectivity index (χ1) is 8.66. The van der Waals surface area contributed by atoms with Crippen LogP contribution in [0, 0.1) is 0 Å². The van der Waals surface area contributed by atoms with Crippen LogP contribution in [0.4, 0.5) is 5.82 Å². The molecular formula is C12H15N3O3. The fourth-order valence-corrected chi connectivity index (χ4v) is 2.09. The molecule has 1 amide bonds. The van der Waals surface area contributed by atoms with Crippen molar-refractivity contribution in [3.8, 4) is 0 Å². The van der Waals surface area contributed by atoms with Gasteiger partial charge in [0.1, 0.15) is 5.82 Å². The van der Waals surface area contributed by atoms with Crippen molar-refractivity contribution in [2.75, 3.05) is 18.0 Å². The van der Waals surface area contributed by atoms with Crippen LogP contribution in [0.15, 0.2) is 24.4 Å². The number of amides is 1. The van der Waals surface area contributed by atoms with Crippen molar-refractivity contribution in [1.29, 1.82) is 0 Å². The lowest BCUT2D eigenvalue weighted by Gasteiger charge is -2.33. The van der Waals surface area contributed by atoms with Crippen LogP contribution in [0.1, 0.15) is 12.8 Å². The molecule has 0 unspecified atom stereocenters. The Hall–Kier alpha value is -2.11. The Balaban J connectivity index is 1.97. The number of carboxylic acid groups (broad SMARTS) is 1. The highest BCUT2D eigenvalue weighted by molar-refractivity contribution is 6.31. The smallest absolute Gasteiger partial charge is 0.394 e. The third-order valence-electron chi connectivity index (χ3n) is 2.92. The van der Waals surface area contributed by atoms with Gasteiger partial charge in [0.25, 0.3) is 0 Å². The highest BCUT2D eigenvalue weighted by Crippen LogP contribution is 2.16. The fourth-order valence-electron chi connectivity index (χ4n) is 2.09. The summed E-state index contributed by atoms with van der Waals surface area (Å²) in [6, 6.07) is 5.52. The molecule has 0 bridgehead atoms. The highest BCUT2D eigenvalue weighted by Gasteiger charge is 2.24. The van der Waals surface area contributed by atoms with Gasteiger partial charge in [-0.25, -0.2) is 9.78 Å². The predicted molar refractivity (Wildman–Crippen MR) is 65.3 cm³/mol. The summed E-state index contributed by atoms with van der Waals surface area (Å²) in [4.78, 5) is 27.9. The van der Waals surface area contributed by atoms with Crippen LogP contribution in [0.5, 0.6) is 0 Å². The average molecular weight is 249 g/mol. The summed E-state index contributed by atoms with van der Waals surface area (Å²) in [7, 11) is 0. The highest BCUT2D eigenvalue weighted by atomic mass is 16.4. The van der Waals surface area contributed by atoms with E-state index in [1.54, 1.807) is 6.20 Å². The number of rotatable bonds is 2. The molecule has 0 aliphatic carbocycles. The van der Waals surface area contributed by atoms with Crippen molar-refractivity contribution in [3.05, 3.63) is 24.4 Å². The molecule has 0 aromatic carbocycles. The number of nitrogens with one attached hydrogen (secondary N) is 1. The first-order valence-corrected chi connectivity index (χ1v) is 5.86. The first-order valence-electron chi connectivity index (χ1n) is 5.86. The molecule has 1 aliphatic heterocycles. The molecule has 0 saturated carbocycles. The second-order valence-electron chi connectivity index (χ2n) is 4.25. The maximum absolute atomic E-state index is 11.1. The van der Waals surface area contributed by atoms with Crippen molar-refractivity contribution < 1.29 is 14.7 Å². The Labute approximate surface area is 105 Å². The number of aliphatic carboxylic acids is 1. The van der Waals surface area contributed by atoms with E-state index in [0.717, 1.165) is 25.2 Å². The van der Waals surface area contributed by atoms with Gasteiger partial charge in [-0.2, -0.15) is 0 Å². The maximum atomic E-state index is 11.1. The van der Waals surface area contributed by atoms with Gasteiger partial charge < -0.3 is 15.3 Å². The van der Waals surface area contributed by atoms with Crippen LogP contribution in [0.2, 0.25) is 0 Å². The number of hydrogen-bond donors (Lipinski definition) is 2. The van der Waals surface area contributed by atoms with Gasteiger partial charge in [0.15, 0.2) is 0 Å². The lowest BCUT2D eigenvalue weighted by atomic mass is 10.1. The van der Waals surface area contributed by atoms with Gasteiger partial charge in [0.05, 0.1) is 0 Å². The lowest BCUT2D eigenvalue weighted by molar-refractivity contribution is -0.150. The van der Waals surface area contributed by atoms with Gasteiger partial charge in [-0.1, -0.05) is 6.07 Å². The van der Waals surface area contributed by atoms with Crippen LogP contribution in [0.25, 0.3) is 0 Å². The number of carboxylic acids is 1. The minimum Gasteiger partial charge on any atom is -0.474 e. The van der Waals surface area contributed by atoms with Crippen LogP contribution in [-0.4, -0.2) is 41.1 Å². The molecule has 1 aromatic rings. The summed E-state index contributed by atoms with van der Waals surface area (Å²) in [5.74, 6) is -1.53. The fraction of sp³-hybridized carbons (Fsp3) is 0.417. The molecule has 2 rings (SSSR count). The van der Waals surface area contributed by atoms with Gasteiger partial charge in [0.2, 0.25) is 0 Å². The van der Waals surface area contributed by atoms with Gasteiger partial charge >= 0.3 is 11.9 Å². The number of carbonyl (C=O) groups excluding carboxylic acids is 1. The molecular weight excluding hydrogens is 234 g/mol. The van der Waals surface area contributed by atoms with E-state index >= 15 is 0 Å². The van der Waals surface area contributed by atoms with E-state index in [9.17, 15) is 9.59 Å². The van der Waals surface area contributed by atoms with Gasteiger partial charge in [0, 0.05) is 25.3 Å². The number of anilines is 1. The Kier molecular flexibility index (Phi) is 3.76. The van der Waals surface area contributed by atoms with E-state index in [1.807, 2.05) is 18.2 Å². The number of carbonyl (C=O) groups is 2. The van der Waals surface area contributed by atoms with Crippen LogP contribution in [-0.2, 0) is 9.59 Å². The summed E-state index contributed by atoms with van der Waals surface area (Å²) in [5.41, 5.74) is 0. The predicted octanol–water partition coefficient (Wildman–Crippen LogP) is 0.251. The minimum absolute atomic E-state index is 0.135. The van der Waals surface area contributed by atoms with Crippen molar-refractivity contribution in [2.24, 2.45) is 0 Å². The summed E-state index contributed by atoms with van der Waals surface area (Å²) in [6.07, 6.45) is 3.41. The zero-order valence-corrected chi connectivity index (χ0v) is 9.87. The second-order valence-corrected chi connectivity index (χ2v) is 4.25. The Morgan fingerprint density at radius 3 is 2.94 bits per heavy atom. The monoisotopic (exact) mass is 249 g/mol. The number of piperidine rings is 1. The second kappa shape index (κ2) is 5.48. The van der Waals surface area contributed by atoms with E-state index in [4.69, 9.17) is 5.11 Å². The van der Waals surface area contributed by atoms with Crippen LogP contribution in [0.3, 0.4) is 0 Å². The summed E-state index contributed by atoms with van der Waals surface area (Å²) >= 11 is 0. The van der Waals surface area contributed by atoms with Crippen molar-refractivity contribution in [3.63, 3.8) is 0 Å². The third kappa shape index (κ3) is 2.97. The molecule has 96 valence electrons. The molecule has 1 aliphatic rings. The molecule has 0 radical (unpaired) electrons. The van der Waals surface area contributed by atoms with Crippen molar-refractivity contribution >= 4 is 17.7 Å². The van der Waals surface area contributed by atoms with Crippen molar-refractivity contribution in [2.45, 2.75) is 18.9 Å². The maximum Gasteiger partial charge on any atom is 0.394 e. The molecule has 1 atom stereocenters. The zero-order valence-electron chi connectivity index (χ0n) is 9.87. The van der Waals surface area contributed by atoms with Gasteiger partial charge in [-0.05, 0) is 25.0 Å².